The molecule has 2 atom stereocenters. The normalized spacial score (nSPS) is 24.7. The highest BCUT2D eigenvalue weighted by atomic mass is 16.2. The van der Waals surface area contributed by atoms with Crippen molar-refractivity contribution in [1.29, 1.82) is 0 Å². The van der Waals surface area contributed by atoms with Crippen LogP contribution in [0.4, 0.5) is 5.82 Å². The first kappa shape index (κ1) is 13.8. The highest BCUT2D eigenvalue weighted by molar-refractivity contribution is 6.18. The molecule has 3 heterocycles. The number of carbonyl (C=O) groups excluding carboxylic acids is 1. The first-order valence-electron chi connectivity index (χ1n) is 8.48. The van der Waals surface area contributed by atoms with E-state index in [1.165, 1.54) is 6.42 Å². The third kappa shape index (κ3) is 1.79. The van der Waals surface area contributed by atoms with Crippen LogP contribution in [-0.2, 0) is 6.54 Å². The van der Waals surface area contributed by atoms with Crippen LogP contribution >= 0.6 is 0 Å². The number of carbonyl (C=O) groups is 1. The second-order valence-electron chi connectivity index (χ2n) is 6.76. The second kappa shape index (κ2) is 4.93. The van der Waals surface area contributed by atoms with Crippen LogP contribution in [0.2, 0.25) is 0 Å². The summed E-state index contributed by atoms with van der Waals surface area (Å²) in [5.41, 5.74) is 1.83. The van der Waals surface area contributed by atoms with Gasteiger partial charge in [-0.3, -0.25) is 14.6 Å². The molecule has 1 aromatic carbocycles. The van der Waals surface area contributed by atoms with Crippen molar-refractivity contribution in [1.82, 2.24) is 14.5 Å². The Morgan fingerprint density at radius 1 is 1.21 bits per heavy atom. The Kier molecular flexibility index (Phi) is 2.83. The Bertz CT molecular complexity index is 840. The van der Waals surface area contributed by atoms with E-state index >= 15 is 0 Å². The molecule has 6 heteroatoms. The molecule has 122 valence electrons. The maximum Gasteiger partial charge on any atom is 0.280 e. The molecule has 3 aliphatic rings. The first-order chi connectivity index (χ1) is 11.7. The van der Waals surface area contributed by atoms with Crippen molar-refractivity contribution in [2.24, 2.45) is 4.99 Å². The molecule has 24 heavy (non-hydrogen) atoms. The number of nitrogens with zero attached hydrogens (tertiary/aromatic N) is 5. The Morgan fingerprint density at radius 2 is 2.04 bits per heavy atom. The van der Waals surface area contributed by atoms with Crippen molar-refractivity contribution < 1.29 is 4.79 Å². The summed E-state index contributed by atoms with van der Waals surface area (Å²) in [5, 5.41) is 0. The van der Waals surface area contributed by atoms with Crippen LogP contribution in [0.5, 0.6) is 0 Å². The molecule has 0 unspecified atom stereocenters. The van der Waals surface area contributed by atoms with Gasteiger partial charge in [0.15, 0.2) is 11.5 Å². The van der Waals surface area contributed by atoms with Crippen molar-refractivity contribution in [2.75, 3.05) is 11.9 Å². The molecule has 2 aliphatic heterocycles. The fourth-order valence-corrected chi connectivity index (χ4v) is 4.15. The van der Waals surface area contributed by atoms with Gasteiger partial charge >= 0.3 is 0 Å². The van der Waals surface area contributed by atoms with E-state index < -0.39 is 0 Å². The van der Waals surface area contributed by atoms with Crippen LogP contribution in [0.15, 0.2) is 41.7 Å². The number of imidazole rings is 1. The van der Waals surface area contributed by atoms with E-state index in [9.17, 15) is 4.79 Å². The molecule has 1 amide bonds. The van der Waals surface area contributed by atoms with Gasteiger partial charge in [-0.15, -0.1) is 0 Å². The summed E-state index contributed by atoms with van der Waals surface area (Å²) in [4.78, 5) is 26.2. The lowest BCUT2D eigenvalue weighted by molar-refractivity contribution is 0.0855. The van der Waals surface area contributed by atoms with Crippen LogP contribution in [0.3, 0.4) is 0 Å². The number of rotatable bonds is 2. The quantitative estimate of drug-likeness (QED) is 0.851. The minimum atomic E-state index is -0.0200. The molecular weight excluding hydrogens is 302 g/mol. The molecule has 2 aromatic rings. The lowest BCUT2D eigenvalue weighted by atomic mass is 10.1. The number of hydrogen-bond donors (Lipinski definition) is 0. The molecular formula is C18H19N5O. The summed E-state index contributed by atoms with van der Waals surface area (Å²) in [6.07, 6.45) is 5.20. The van der Waals surface area contributed by atoms with Gasteiger partial charge in [0, 0.05) is 13.6 Å². The van der Waals surface area contributed by atoms with Gasteiger partial charge in [-0.05, 0) is 24.8 Å². The lowest BCUT2D eigenvalue weighted by Crippen LogP contribution is -2.51. The zero-order chi connectivity index (χ0) is 16.3. The minimum absolute atomic E-state index is 0.0200. The largest absolute Gasteiger partial charge is 0.320 e. The molecule has 0 spiro atoms. The molecule has 5 rings (SSSR count). The molecule has 1 fully saturated rings. The summed E-state index contributed by atoms with van der Waals surface area (Å²) in [6, 6.07) is 10.8. The predicted molar refractivity (Wildman–Crippen MR) is 91.2 cm³/mol. The zero-order valence-electron chi connectivity index (χ0n) is 13.6. The number of aromatic nitrogens is 2. The first-order valence-corrected chi connectivity index (χ1v) is 8.48. The van der Waals surface area contributed by atoms with Crippen LogP contribution in [0, 0.1) is 0 Å². The van der Waals surface area contributed by atoms with Crippen molar-refractivity contribution in [2.45, 2.75) is 37.9 Å². The number of hydrogen-bond acceptors (Lipinski definition) is 4. The summed E-state index contributed by atoms with van der Waals surface area (Å²) in [6.45, 7) is 0.650. The number of anilines is 1. The highest BCUT2D eigenvalue weighted by Gasteiger charge is 2.48. The van der Waals surface area contributed by atoms with Crippen LogP contribution in [0.1, 0.15) is 35.3 Å². The molecule has 1 aliphatic carbocycles. The Balaban J connectivity index is 1.59. The van der Waals surface area contributed by atoms with E-state index in [-0.39, 0.29) is 5.91 Å². The maximum absolute atomic E-state index is 12.9. The van der Waals surface area contributed by atoms with Gasteiger partial charge in [-0.2, -0.15) is 0 Å². The van der Waals surface area contributed by atoms with Crippen molar-refractivity contribution in [3.8, 4) is 0 Å². The summed E-state index contributed by atoms with van der Waals surface area (Å²) >= 11 is 0. The maximum atomic E-state index is 12.9. The van der Waals surface area contributed by atoms with Gasteiger partial charge in [0.25, 0.3) is 5.91 Å². The molecule has 0 radical (unpaired) electrons. The standard InChI is InChI=1S/C18H19N5O/c1-21-17(24)15-16(23-14-9-5-8-13(14)20-18(21)23)19-11-22(15)10-12-6-3-2-4-7-12/h2-4,6-7,11,13-14H,5,8-10H2,1H3/t13-,14+/m1/s1. The van der Waals surface area contributed by atoms with Crippen molar-refractivity contribution >= 4 is 17.7 Å². The van der Waals surface area contributed by atoms with E-state index in [0.29, 0.717) is 24.3 Å². The fraction of sp³-hybridized carbons (Fsp3) is 0.389. The topological polar surface area (TPSA) is 53.7 Å². The molecule has 0 saturated heterocycles. The Morgan fingerprint density at radius 3 is 2.88 bits per heavy atom. The molecule has 1 saturated carbocycles. The van der Waals surface area contributed by atoms with Crippen LogP contribution < -0.4 is 4.90 Å². The predicted octanol–water partition coefficient (Wildman–Crippen LogP) is 2.11. The number of benzene rings is 1. The van der Waals surface area contributed by atoms with Gasteiger partial charge in [-0.1, -0.05) is 30.3 Å². The van der Waals surface area contributed by atoms with Crippen molar-refractivity contribution in [3.05, 3.63) is 47.9 Å². The van der Waals surface area contributed by atoms with Gasteiger partial charge in [0.05, 0.1) is 18.4 Å². The van der Waals surface area contributed by atoms with Crippen LogP contribution in [-0.4, -0.2) is 45.4 Å². The van der Waals surface area contributed by atoms with Crippen LogP contribution in [0.25, 0.3) is 0 Å². The number of guanidine groups is 1. The van der Waals surface area contributed by atoms with E-state index in [2.05, 4.69) is 22.0 Å². The van der Waals surface area contributed by atoms with E-state index in [1.54, 1.807) is 11.2 Å². The monoisotopic (exact) mass is 321 g/mol. The number of amides is 1. The molecule has 6 nitrogen and oxygen atoms in total. The number of fused-ring (bicyclic) bond motifs is 5. The molecule has 0 N–H and O–H groups in total. The average molecular weight is 321 g/mol. The second-order valence-corrected chi connectivity index (χ2v) is 6.76. The lowest BCUT2D eigenvalue weighted by Gasteiger charge is -2.34. The van der Waals surface area contributed by atoms with E-state index in [1.807, 2.05) is 29.8 Å². The average Bonchev–Trinajstić information content (AvgIpc) is 3.27. The van der Waals surface area contributed by atoms with Gasteiger partial charge in [0.1, 0.15) is 0 Å². The molecule has 0 bridgehead atoms. The smallest absolute Gasteiger partial charge is 0.280 e. The summed E-state index contributed by atoms with van der Waals surface area (Å²) < 4.78 is 1.96. The third-order valence-electron chi connectivity index (χ3n) is 5.32. The van der Waals surface area contributed by atoms with E-state index in [0.717, 1.165) is 30.2 Å². The molecule has 1 aromatic heterocycles. The SMILES string of the molecule is CN1C(=O)c2c(ncn2Cc2ccccc2)N2C1=N[C@@H]1CCC[C@@H]12. The summed E-state index contributed by atoms with van der Waals surface area (Å²) in [5.74, 6) is 1.53. The number of aliphatic imine (C=N–C) groups is 1. The van der Waals surface area contributed by atoms with Crippen molar-refractivity contribution in [3.63, 3.8) is 0 Å². The van der Waals surface area contributed by atoms with Gasteiger partial charge in [0.2, 0.25) is 5.96 Å². The fourth-order valence-electron chi connectivity index (χ4n) is 4.15. The van der Waals surface area contributed by atoms with E-state index in [4.69, 9.17) is 4.99 Å². The Labute approximate surface area is 140 Å². The van der Waals surface area contributed by atoms with Gasteiger partial charge < -0.3 is 4.57 Å². The third-order valence-corrected chi connectivity index (χ3v) is 5.32. The minimum Gasteiger partial charge on any atom is -0.320 e. The Hall–Kier alpha value is -2.63. The highest BCUT2D eigenvalue weighted by Crippen LogP contribution is 2.39. The van der Waals surface area contributed by atoms with Gasteiger partial charge in [-0.25, -0.2) is 9.98 Å². The zero-order valence-corrected chi connectivity index (χ0v) is 13.6. The summed E-state index contributed by atoms with van der Waals surface area (Å²) in [7, 11) is 1.82.